The van der Waals surface area contributed by atoms with Crippen molar-refractivity contribution in [2.24, 2.45) is 5.73 Å². The van der Waals surface area contributed by atoms with E-state index >= 15 is 0 Å². The van der Waals surface area contributed by atoms with Gasteiger partial charge in [0, 0.05) is 25.2 Å². The highest BCUT2D eigenvalue weighted by atomic mass is 19.1. The number of aliphatic hydroxyl groups excluding tert-OH is 1. The molecule has 0 radical (unpaired) electrons. The molecule has 2 aromatic carbocycles. The van der Waals surface area contributed by atoms with Gasteiger partial charge in [-0.25, -0.2) is 4.39 Å². The van der Waals surface area contributed by atoms with Crippen molar-refractivity contribution >= 4 is 17.3 Å². The summed E-state index contributed by atoms with van der Waals surface area (Å²) in [6, 6.07) is 9.21. The number of nitro benzene ring substituents is 1. The number of carbonyl (C=O) groups excluding carboxylic acids is 1. The number of hydrogen-bond donors (Lipinski definition) is 2. The molecule has 24 heavy (non-hydrogen) atoms. The Hall–Kier alpha value is -3.00. The van der Waals surface area contributed by atoms with Crippen LogP contribution in [-0.2, 0) is 0 Å². The molecule has 2 rings (SSSR count). The molecule has 7 nitrogen and oxygen atoms in total. The van der Waals surface area contributed by atoms with E-state index < -0.39 is 22.8 Å². The van der Waals surface area contributed by atoms with Crippen molar-refractivity contribution < 1.29 is 19.2 Å². The average molecular weight is 333 g/mol. The van der Waals surface area contributed by atoms with Gasteiger partial charge in [-0.1, -0.05) is 12.1 Å². The van der Waals surface area contributed by atoms with Crippen molar-refractivity contribution in [3.8, 4) is 0 Å². The molecule has 2 aromatic rings. The van der Waals surface area contributed by atoms with E-state index in [1.165, 1.54) is 41.3 Å². The first-order chi connectivity index (χ1) is 11.3. The molecule has 0 aliphatic rings. The molecule has 0 aliphatic heterocycles. The summed E-state index contributed by atoms with van der Waals surface area (Å²) in [5.74, 6) is -1.18. The van der Waals surface area contributed by atoms with Crippen LogP contribution < -0.4 is 10.6 Å². The molecular formula is C16H16FN3O4. The number of primary amides is 1. The Labute approximate surface area is 137 Å². The first-order valence-electron chi connectivity index (χ1n) is 7.02. The largest absolute Gasteiger partial charge is 0.387 e. The minimum atomic E-state index is -0.967. The lowest BCUT2D eigenvalue weighted by molar-refractivity contribution is -0.384. The van der Waals surface area contributed by atoms with E-state index in [1.807, 2.05) is 0 Å². The molecule has 1 unspecified atom stereocenters. The maximum absolute atomic E-state index is 12.9. The lowest BCUT2D eigenvalue weighted by atomic mass is 10.1. The topological polar surface area (TPSA) is 110 Å². The van der Waals surface area contributed by atoms with Crippen molar-refractivity contribution in [2.45, 2.75) is 6.10 Å². The second-order valence-corrected chi connectivity index (χ2v) is 5.27. The van der Waals surface area contributed by atoms with Gasteiger partial charge in [0.05, 0.1) is 11.0 Å². The van der Waals surface area contributed by atoms with Crippen LogP contribution >= 0.6 is 0 Å². The number of nitro groups is 1. The van der Waals surface area contributed by atoms with Gasteiger partial charge in [-0.05, 0) is 29.8 Å². The monoisotopic (exact) mass is 333 g/mol. The van der Waals surface area contributed by atoms with E-state index in [0.29, 0.717) is 5.56 Å². The molecule has 0 bridgehead atoms. The molecule has 126 valence electrons. The number of rotatable bonds is 6. The van der Waals surface area contributed by atoms with Gasteiger partial charge in [0.1, 0.15) is 11.5 Å². The summed E-state index contributed by atoms with van der Waals surface area (Å²) in [7, 11) is 1.57. The lowest BCUT2D eigenvalue weighted by Crippen LogP contribution is -2.25. The zero-order valence-electron chi connectivity index (χ0n) is 12.8. The molecule has 0 saturated carbocycles. The molecule has 0 aliphatic carbocycles. The van der Waals surface area contributed by atoms with Gasteiger partial charge in [0.2, 0.25) is 5.91 Å². The standard InChI is InChI=1S/C16H16FN3O4/c1-19(9-15(21)10-2-5-12(17)6-3-10)13-7-4-11(16(18)22)8-14(13)20(23)24/h2-8,15,21H,9H2,1H3,(H2,18,22). The van der Waals surface area contributed by atoms with Crippen molar-refractivity contribution in [3.05, 3.63) is 69.5 Å². The number of halogens is 1. The summed E-state index contributed by atoms with van der Waals surface area (Å²) in [5.41, 5.74) is 5.58. The third-order valence-electron chi connectivity index (χ3n) is 3.57. The summed E-state index contributed by atoms with van der Waals surface area (Å²) >= 11 is 0. The fourth-order valence-electron chi connectivity index (χ4n) is 2.29. The minimum absolute atomic E-state index is 0.0259. The van der Waals surface area contributed by atoms with Crippen molar-refractivity contribution in [1.82, 2.24) is 0 Å². The molecule has 0 heterocycles. The highest BCUT2D eigenvalue weighted by Gasteiger charge is 2.21. The first-order valence-corrected chi connectivity index (χ1v) is 7.02. The Morgan fingerprint density at radius 2 is 1.96 bits per heavy atom. The van der Waals surface area contributed by atoms with E-state index in [9.17, 15) is 24.4 Å². The Morgan fingerprint density at radius 1 is 1.33 bits per heavy atom. The summed E-state index contributed by atoms with van der Waals surface area (Å²) < 4.78 is 12.9. The van der Waals surface area contributed by atoms with E-state index in [2.05, 4.69) is 0 Å². The zero-order valence-corrected chi connectivity index (χ0v) is 12.8. The average Bonchev–Trinajstić information content (AvgIpc) is 2.54. The lowest BCUT2D eigenvalue weighted by Gasteiger charge is -2.23. The van der Waals surface area contributed by atoms with Crippen LogP contribution in [0.4, 0.5) is 15.8 Å². The third kappa shape index (κ3) is 3.85. The van der Waals surface area contributed by atoms with Crippen LogP contribution in [0.5, 0.6) is 0 Å². The fraction of sp³-hybridized carbons (Fsp3) is 0.188. The van der Waals surface area contributed by atoms with Crippen LogP contribution in [0.15, 0.2) is 42.5 Å². The number of carbonyl (C=O) groups is 1. The van der Waals surface area contributed by atoms with Crippen LogP contribution in [0.3, 0.4) is 0 Å². The summed E-state index contributed by atoms with van der Waals surface area (Å²) in [5, 5.41) is 21.4. The van der Waals surface area contributed by atoms with Gasteiger partial charge >= 0.3 is 0 Å². The number of amides is 1. The quantitative estimate of drug-likeness (QED) is 0.620. The highest BCUT2D eigenvalue weighted by molar-refractivity contribution is 5.94. The van der Waals surface area contributed by atoms with E-state index in [0.717, 1.165) is 6.07 Å². The Morgan fingerprint density at radius 3 is 2.50 bits per heavy atom. The van der Waals surface area contributed by atoms with Gasteiger partial charge in [-0.15, -0.1) is 0 Å². The molecule has 1 atom stereocenters. The van der Waals surface area contributed by atoms with Gasteiger partial charge in [-0.2, -0.15) is 0 Å². The van der Waals surface area contributed by atoms with Crippen LogP contribution in [0, 0.1) is 15.9 Å². The maximum Gasteiger partial charge on any atom is 0.293 e. The van der Waals surface area contributed by atoms with Crippen LogP contribution in [-0.4, -0.2) is 29.5 Å². The summed E-state index contributed by atoms with van der Waals surface area (Å²) in [6.45, 7) is 0.0440. The highest BCUT2D eigenvalue weighted by Crippen LogP contribution is 2.29. The van der Waals surface area contributed by atoms with Crippen LogP contribution in [0.2, 0.25) is 0 Å². The summed E-state index contributed by atoms with van der Waals surface area (Å²) in [4.78, 5) is 23.2. The second kappa shape index (κ2) is 7.05. The van der Waals surface area contributed by atoms with Crippen molar-refractivity contribution in [2.75, 3.05) is 18.5 Å². The maximum atomic E-state index is 12.9. The summed E-state index contributed by atoms with van der Waals surface area (Å²) in [6.07, 6.45) is -0.967. The van der Waals surface area contributed by atoms with Gasteiger partial charge in [0.15, 0.2) is 0 Å². The predicted molar refractivity (Wildman–Crippen MR) is 86.2 cm³/mol. The van der Waals surface area contributed by atoms with E-state index in [1.54, 1.807) is 7.05 Å². The molecule has 0 saturated heterocycles. The van der Waals surface area contributed by atoms with Gasteiger partial charge in [-0.3, -0.25) is 14.9 Å². The Kier molecular flexibility index (Phi) is 5.10. The van der Waals surface area contributed by atoms with Crippen LogP contribution in [0.1, 0.15) is 22.0 Å². The molecule has 0 aromatic heterocycles. The molecular weight excluding hydrogens is 317 g/mol. The molecule has 3 N–H and O–H groups in total. The van der Waals surface area contributed by atoms with E-state index in [-0.39, 0.29) is 23.5 Å². The van der Waals surface area contributed by atoms with Crippen molar-refractivity contribution in [1.29, 1.82) is 0 Å². The van der Waals surface area contributed by atoms with Gasteiger partial charge in [0.25, 0.3) is 5.69 Å². The number of nitrogens with zero attached hydrogens (tertiary/aromatic N) is 2. The Balaban J connectivity index is 2.25. The minimum Gasteiger partial charge on any atom is -0.387 e. The second-order valence-electron chi connectivity index (χ2n) is 5.27. The van der Waals surface area contributed by atoms with E-state index in [4.69, 9.17) is 5.73 Å². The molecule has 0 fully saturated rings. The number of likely N-dealkylation sites (N-methyl/N-ethyl adjacent to an activating group) is 1. The molecule has 8 heteroatoms. The number of aliphatic hydroxyl groups is 1. The fourth-order valence-corrected chi connectivity index (χ4v) is 2.29. The number of hydrogen-bond acceptors (Lipinski definition) is 5. The van der Waals surface area contributed by atoms with Crippen molar-refractivity contribution in [3.63, 3.8) is 0 Å². The Bertz CT molecular complexity index is 764. The van der Waals surface area contributed by atoms with Crippen LogP contribution in [0.25, 0.3) is 0 Å². The first kappa shape index (κ1) is 17.4. The molecule has 0 spiro atoms. The number of anilines is 1. The third-order valence-corrected chi connectivity index (χ3v) is 3.57. The smallest absolute Gasteiger partial charge is 0.293 e. The SMILES string of the molecule is CN(CC(O)c1ccc(F)cc1)c1ccc(C(N)=O)cc1[N+](=O)[O-]. The number of nitrogens with two attached hydrogens (primary N) is 1. The zero-order chi connectivity index (χ0) is 17.9. The molecule has 1 amide bonds. The normalized spacial score (nSPS) is 11.8. The number of benzene rings is 2. The predicted octanol–water partition coefficient (Wildman–Crippen LogP) is 2.00. The van der Waals surface area contributed by atoms with Gasteiger partial charge < -0.3 is 15.7 Å².